The molecule has 3 aliphatic rings. The molecule has 2 unspecified atom stereocenters. The van der Waals surface area contributed by atoms with Crippen molar-refractivity contribution in [1.29, 1.82) is 0 Å². The summed E-state index contributed by atoms with van der Waals surface area (Å²) in [6.07, 6.45) is -14.6. The maximum atomic E-state index is 16.9. The van der Waals surface area contributed by atoms with E-state index in [0.29, 0.717) is 95.8 Å². The number of nitrogens with zero attached hydrogens (tertiary/aromatic N) is 7. The number of carboxylic acid groups (broad SMARTS) is 1. The van der Waals surface area contributed by atoms with Crippen LogP contribution in [0.2, 0.25) is 0 Å². The Morgan fingerprint density at radius 2 is 1.33 bits per heavy atom. The molecule has 0 saturated carbocycles. The fourth-order valence-corrected chi connectivity index (χ4v) is 14.1. The number of aliphatic carboxylic acids is 1. The van der Waals surface area contributed by atoms with E-state index in [2.05, 4.69) is 56.8 Å². The molecule has 5 amide bonds. The molecule has 3 aromatic carbocycles. The monoisotopic (exact) mass is 1650 g/mol. The number of phosphoric ester groups is 1. The number of phosphoric acid groups is 1. The van der Waals surface area contributed by atoms with E-state index in [0.717, 1.165) is 38.3 Å². The van der Waals surface area contributed by atoms with Crippen LogP contribution in [0.25, 0.3) is 11.3 Å². The molecule has 113 heavy (non-hydrogen) atoms. The van der Waals surface area contributed by atoms with Crippen LogP contribution in [0.15, 0.2) is 73.2 Å². The molecule has 5 heterocycles. The van der Waals surface area contributed by atoms with Crippen LogP contribution in [0.1, 0.15) is 113 Å². The van der Waals surface area contributed by atoms with Crippen molar-refractivity contribution >= 4 is 65.7 Å². The number of alkyl halides is 8. The van der Waals surface area contributed by atoms with E-state index in [-0.39, 0.29) is 39.0 Å². The number of fused-ring (bicyclic) bond motifs is 2. The second-order valence-electron chi connectivity index (χ2n) is 29.0. The number of carbonyl (C=O) groups excluding carboxylic acids is 6. The topological polar surface area (TPSA) is 411 Å². The Bertz CT molecular complexity index is 4520. The van der Waals surface area contributed by atoms with Crippen molar-refractivity contribution in [2.75, 3.05) is 57.7 Å². The molecule has 7 atom stereocenters. The Hall–Kier alpha value is -9.76. The minimum Gasteiger partial charge on any atom is -0.480 e. The van der Waals surface area contributed by atoms with E-state index in [9.17, 15) is 65.2 Å². The quantitative estimate of drug-likeness (QED) is 0.00394. The van der Waals surface area contributed by atoms with Gasteiger partial charge in [-0.15, -0.1) is 0 Å². The highest BCUT2D eigenvalue weighted by Crippen LogP contribution is 2.47. The third-order valence-electron chi connectivity index (χ3n) is 19.4. The smallest absolute Gasteiger partial charge is 0.480 e. The van der Waals surface area contributed by atoms with Crippen molar-refractivity contribution in [2.45, 2.75) is 166 Å². The zero-order valence-electron chi connectivity index (χ0n) is 62.0. The third-order valence-corrected chi connectivity index (χ3v) is 20.6. The molecular weight excluding hydrogens is 1570 g/mol. The molecule has 0 radical (unpaired) electrons. The molecule has 2 aromatic heterocycles. The first-order valence-corrected chi connectivity index (χ1v) is 37.7. The lowest BCUT2D eigenvalue weighted by Crippen LogP contribution is -2.64. The molecule has 3 fully saturated rings. The van der Waals surface area contributed by atoms with Gasteiger partial charge in [0.05, 0.1) is 86.7 Å². The molecule has 8 rings (SSSR count). The van der Waals surface area contributed by atoms with Crippen LogP contribution in [0.3, 0.4) is 0 Å². The minimum absolute atomic E-state index is 0.0399. The molecule has 0 aliphatic carbocycles. The lowest BCUT2D eigenvalue weighted by Gasteiger charge is -2.47. The largest absolute Gasteiger partial charge is 0.524 e. The number of aryl methyl sites for hydroxylation is 1. The van der Waals surface area contributed by atoms with E-state index >= 15 is 44.7 Å². The summed E-state index contributed by atoms with van der Waals surface area (Å²) in [6, 6.07) is 1.02. The summed E-state index contributed by atoms with van der Waals surface area (Å²) in [6.45, 7) is 2.16. The third kappa shape index (κ3) is 23.0. The first kappa shape index (κ1) is 88.8. The second-order valence-corrected chi connectivity index (χ2v) is 31.7. The van der Waals surface area contributed by atoms with Crippen molar-refractivity contribution in [3.63, 3.8) is 0 Å². The number of carbonyl (C=O) groups is 7. The molecule has 3 saturated heterocycles. The van der Waals surface area contributed by atoms with Gasteiger partial charge in [-0.3, -0.25) is 43.8 Å². The summed E-state index contributed by atoms with van der Waals surface area (Å²) in [4.78, 5) is 131. The maximum absolute atomic E-state index is 16.9. The van der Waals surface area contributed by atoms with Crippen molar-refractivity contribution < 1.29 is 133 Å². The van der Waals surface area contributed by atoms with Crippen LogP contribution in [-0.4, -0.2) is 213 Å². The van der Waals surface area contributed by atoms with Gasteiger partial charge in [-0.1, -0.05) is 43.9 Å². The molecule has 618 valence electrons. The van der Waals surface area contributed by atoms with Gasteiger partial charge in [0, 0.05) is 78.0 Å². The Morgan fingerprint density at radius 1 is 0.770 bits per heavy atom. The average Bonchev–Trinajstić information content (AvgIpc) is 1.74. The summed E-state index contributed by atoms with van der Waals surface area (Å²) in [5.41, 5.74) is -8.75. The fourth-order valence-electron chi connectivity index (χ4n) is 13.2. The molecule has 31 nitrogen and oxygen atoms in total. The van der Waals surface area contributed by atoms with Crippen LogP contribution in [0, 0.1) is 41.2 Å². The molecule has 5 aromatic rings. The number of hydrogen-bond donors (Lipinski definition) is 9. The number of hydrogen-bond acceptors (Lipinski definition) is 21. The number of benzene rings is 3. The van der Waals surface area contributed by atoms with Gasteiger partial charge in [-0.25, -0.2) is 47.4 Å². The number of amides is 5. The van der Waals surface area contributed by atoms with Gasteiger partial charge >= 0.3 is 50.8 Å². The van der Waals surface area contributed by atoms with Crippen molar-refractivity contribution in [2.24, 2.45) is 10.8 Å². The Labute approximate surface area is 640 Å². The lowest BCUT2D eigenvalue weighted by molar-refractivity contribution is -0.221. The average molecular weight is 1650 g/mol. The lowest BCUT2D eigenvalue weighted by atomic mass is 9.77. The van der Waals surface area contributed by atoms with Crippen LogP contribution < -0.4 is 36.1 Å². The van der Waals surface area contributed by atoms with Gasteiger partial charge in [-0.05, 0) is 113 Å². The van der Waals surface area contributed by atoms with E-state index in [1.165, 1.54) is 63.5 Å². The van der Waals surface area contributed by atoms with Crippen LogP contribution in [0.4, 0.5) is 59.4 Å². The van der Waals surface area contributed by atoms with Gasteiger partial charge in [0.25, 0.3) is 16.0 Å². The molecular formula is C70H83F10N12O19PS. The molecule has 2 bridgehead atoms. The molecule has 0 spiro atoms. The Balaban J connectivity index is 1.27. The van der Waals surface area contributed by atoms with E-state index in [1.54, 1.807) is 5.32 Å². The van der Waals surface area contributed by atoms with E-state index in [1.807, 2.05) is 10.7 Å². The van der Waals surface area contributed by atoms with Crippen molar-refractivity contribution in [3.8, 4) is 28.8 Å². The number of rotatable bonds is 32. The number of methoxy groups -OCH3 is 2. The molecule has 3 aliphatic heterocycles. The summed E-state index contributed by atoms with van der Waals surface area (Å²) >= 11 is 0. The number of nitrogens with one attached hydrogen (secondary N) is 5. The van der Waals surface area contributed by atoms with E-state index in [4.69, 9.17) is 14.0 Å². The number of halogens is 10. The van der Waals surface area contributed by atoms with Crippen molar-refractivity contribution in [1.82, 2.24) is 56.4 Å². The Morgan fingerprint density at radius 3 is 1.82 bits per heavy atom. The predicted molar refractivity (Wildman–Crippen MR) is 377 cm³/mol. The summed E-state index contributed by atoms with van der Waals surface area (Å²) in [5.74, 6) is -7.02. The number of piperazine rings is 1. The highest BCUT2D eigenvalue weighted by Gasteiger charge is 2.58. The summed E-state index contributed by atoms with van der Waals surface area (Å²) in [7, 11) is -9.08. The zero-order chi connectivity index (χ0) is 83.8. The number of aromatic nitrogens is 4. The minimum atomic E-state index is -5.69. The zero-order valence-corrected chi connectivity index (χ0v) is 63.7. The van der Waals surface area contributed by atoms with Gasteiger partial charge in [-0.2, -0.15) is 48.6 Å². The van der Waals surface area contributed by atoms with Crippen LogP contribution in [-0.2, 0) is 82.4 Å². The number of hydrazine groups is 1. The number of carboxylic acids is 1. The van der Waals surface area contributed by atoms with Crippen molar-refractivity contribution in [3.05, 3.63) is 124 Å². The summed E-state index contributed by atoms with van der Waals surface area (Å²) in [5, 5.41) is 21.8. The van der Waals surface area contributed by atoms with Gasteiger partial charge in [0.1, 0.15) is 41.6 Å². The standard InChI is InChI=1S/C70H83F10N12O19PS/c1-37-22-42(27-54(93)83-50(61(97)98)19-21-113(104,105)106)56(52(23-37)111-112(101,102)103)66(2,3)28-55(94)110-53(34-90(88-60(96)58(86-65(100)108-9)68(6,7)70(78,79)80)33-46-47(71)25-41(26-48(46)72)49-18-20-91(87-49)62(73)74)51(84-59(95)57(85-64(99)107-8)67(4,5)69(75,76)77)24-39-13-10-38(11-14-39)12-15-40-29-81-63(82-30-40)89-31-43-16-17-44(32-89)92(43)45-35-109-36-45/h10-11,13-14,18,20,22-23,25-26,29-30,43-45,50-51,53,57-58,62H,16-17,19,21,24,27-28,31-36H2,1-9H3,(H,83,93)(H,84,95)(H,85,99)(H,86,100)(H,88,96)(H,97,98)(H2,101,102,103)(H,104,105,106)/t43?,44?,50-,51-,53-,57+,58+/m0/s1. The first-order valence-electron chi connectivity index (χ1n) is 34.6. The molecule has 43 heteroatoms. The van der Waals surface area contributed by atoms with Gasteiger partial charge < -0.3 is 54.7 Å². The molecule has 9 N–H and O–H groups in total. The predicted octanol–water partition coefficient (Wildman–Crippen LogP) is 7.10. The Kier molecular flexibility index (Phi) is 28.1. The highest BCUT2D eigenvalue weighted by atomic mass is 32.2. The first-order chi connectivity index (χ1) is 52.5. The SMILES string of the molecule is COC(=O)N[C@H](C(=O)N[C@@H](Cc1ccc(C#Cc2cnc(N3CC4CCC(C3)N4C3COC3)nc2)cc1)[C@H](CN(Cc1c(F)cc(-c2ccn(C(F)F)n2)cc1F)NC(=O)[C@@H](NC(=O)OC)C(C)(C)C(F)(F)F)OC(=O)CC(C)(C)c1c(CC(=O)N[C@@H](CCS(=O)(=O)O)C(=O)O)cc(C)cc1OP(=O)(O)O)C(C)(C)C(F)(F)F. The number of ether oxygens (including phenoxy) is 4. The number of alkyl carbamates (subject to hydrolysis) is 2. The second kappa shape index (κ2) is 35.7. The normalized spacial score (nSPS) is 17.2. The van der Waals surface area contributed by atoms with E-state index < -0.39 is 209 Å². The maximum Gasteiger partial charge on any atom is 0.524 e. The highest BCUT2D eigenvalue weighted by molar-refractivity contribution is 7.85. The fraction of sp³-hybridized carbons (Fsp3) is 0.514. The van der Waals surface area contributed by atoms with Crippen LogP contribution >= 0.6 is 7.82 Å². The number of anilines is 1. The van der Waals surface area contributed by atoms with Gasteiger partial charge in [0.2, 0.25) is 17.8 Å². The van der Waals surface area contributed by atoms with Gasteiger partial charge in [0.15, 0.2) is 0 Å². The summed E-state index contributed by atoms with van der Waals surface area (Å²) < 4.78 is 224. The van der Waals surface area contributed by atoms with Crippen LogP contribution in [0.5, 0.6) is 5.75 Å². The number of esters is 1.